The molecule has 33 heavy (non-hydrogen) atoms. The molecule has 0 radical (unpaired) electrons. The van der Waals surface area contributed by atoms with E-state index in [0.717, 1.165) is 40.1 Å². The highest BCUT2D eigenvalue weighted by atomic mass is 35.5. The molecule has 0 fully saturated rings. The van der Waals surface area contributed by atoms with Gasteiger partial charge in [-0.15, -0.1) is 5.10 Å². The summed E-state index contributed by atoms with van der Waals surface area (Å²) < 4.78 is 1.88. The second kappa shape index (κ2) is 8.44. The SMILES string of the molecule is Cc1cn(-c2ccc3c(c2)CCN(C(=O)NC(C)C)C3)nc1Nc1ccc2[nH]ncc2c1Cl. The molecular weight excluding hydrogens is 438 g/mol. The summed E-state index contributed by atoms with van der Waals surface area (Å²) in [5.74, 6) is 0.744. The van der Waals surface area contributed by atoms with Crippen molar-refractivity contribution in [2.45, 2.75) is 39.8 Å². The number of hydrogen-bond acceptors (Lipinski definition) is 4. The number of amides is 2. The summed E-state index contributed by atoms with van der Waals surface area (Å²) in [5.41, 5.74) is 6.09. The molecule has 0 bridgehead atoms. The van der Waals surface area contributed by atoms with Crippen LogP contribution in [0.15, 0.2) is 42.7 Å². The Balaban J connectivity index is 1.36. The van der Waals surface area contributed by atoms with Gasteiger partial charge < -0.3 is 15.5 Å². The van der Waals surface area contributed by atoms with Gasteiger partial charge in [0.2, 0.25) is 0 Å². The smallest absolute Gasteiger partial charge is 0.317 e. The van der Waals surface area contributed by atoms with Gasteiger partial charge in [0, 0.05) is 36.3 Å². The molecule has 9 heteroatoms. The minimum absolute atomic E-state index is 0.00888. The fraction of sp³-hybridized carbons (Fsp3) is 0.292. The maximum Gasteiger partial charge on any atom is 0.317 e. The van der Waals surface area contributed by atoms with Crippen LogP contribution in [0.25, 0.3) is 16.6 Å². The first-order valence-corrected chi connectivity index (χ1v) is 11.4. The van der Waals surface area contributed by atoms with E-state index in [-0.39, 0.29) is 12.1 Å². The molecule has 4 aromatic rings. The zero-order valence-electron chi connectivity index (χ0n) is 18.8. The molecule has 1 aliphatic rings. The Bertz CT molecular complexity index is 1340. The van der Waals surface area contributed by atoms with Crippen molar-refractivity contribution in [2.24, 2.45) is 0 Å². The summed E-state index contributed by atoms with van der Waals surface area (Å²) in [6.45, 7) is 7.28. The van der Waals surface area contributed by atoms with Crippen molar-refractivity contribution in [3.05, 3.63) is 64.4 Å². The molecule has 2 aromatic heterocycles. The molecule has 1 aliphatic heterocycles. The molecular formula is C24H26ClN7O. The largest absolute Gasteiger partial charge is 0.337 e. The van der Waals surface area contributed by atoms with Crippen LogP contribution in [-0.2, 0) is 13.0 Å². The number of aromatic nitrogens is 4. The van der Waals surface area contributed by atoms with Crippen LogP contribution in [0, 0.1) is 6.92 Å². The number of H-pyrrole nitrogens is 1. The van der Waals surface area contributed by atoms with E-state index in [2.05, 4.69) is 33.0 Å². The number of fused-ring (bicyclic) bond motifs is 2. The number of aryl methyl sites for hydroxylation is 1. The third kappa shape index (κ3) is 4.14. The average Bonchev–Trinajstić information content (AvgIpc) is 3.42. The number of aromatic amines is 1. The molecule has 0 spiro atoms. The number of halogens is 1. The van der Waals surface area contributed by atoms with E-state index in [0.29, 0.717) is 18.1 Å². The molecule has 0 saturated carbocycles. The number of carbonyl (C=O) groups is 1. The second-order valence-electron chi connectivity index (χ2n) is 8.72. The lowest BCUT2D eigenvalue weighted by Crippen LogP contribution is -2.45. The maximum atomic E-state index is 12.4. The van der Waals surface area contributed by atoms with E-state index < -0.39 is 0 Å². The van der Waals surface area contributed by atoms with Crippen LogP contribution >= 0.6 is 11.6 Å². The summed E-state index contributed by atoms with van der Waals surface area (Å²) in [7, 11) is 0. The molecule has 0 unspecified atom stereocenters. The monoisotopic (exact) mass is 463 g/mol. The van der Waals surface area contributed by atoms with Crippen molar-refractivity contribution in [2.75, 3.05) is 11.9 Å². The quantitative estimate of drug-likeness (QED) is 0.400. The van der Waals surface area contributed by atoms with Gasteiger partial charge in [-0.1, -0.05) is 17.7 Å². The molecule has 2 aromatic carbocycles. The van der Waals surface area contributed by atoms with Gasteiger partial charge in [-0.3, -0.25) is 5.10 Å². The standard InChI is InChI=1S/C24H26ClN7O/c1-14(2)27-24(33)31-9-8-16-10-18(5-4-17(16)13-31)32-12-15(3)23(30-32)28-21-7-6-20-19(22(21)25)11-26-29-20/h4-7,10-12,14H,8-9,13H2,1-3H3,(H,26,29)(H,27,33)(H,28,30). The fourth-order valence-corrected chi connectivity index (χ4v) is 4.38. The first-order valence-electron chi connectivity index (χ1n) is 11.0. The molecule has 0 saturated heterocycles. The van der Waals surface area contributed by atoms with Crippen LogP contribution in [0.1, 0.15) is 30.5 Å². The Hall–Kier alpha value is -3.52. The molecule has 5 rings (SSSR count). The average molecular weight is 464 g/mol. The van der Waals surface area contributed by atoms with Gasteiger partial charge in [-0.25, -0.2) is 9.48 Å². The Morgan fingerprint density at radius 3 is 2.88 bits per heavy atom. The summed E-state index contributed by atoms with van der Waals surface area (Å²) in [4.78, 5) is 14.2. The Morgan fingerprint density at radius 2 is 2.06 bits per heavy atom. The van der Waals surface area contributed by atoms with Crippen molar-refractivity contribution >= 4 is 40.0 Å². The topological polar surface area (TPSA) is 90.9 Å². The first kappa shape index (κ1) is 21.3. The predicted octanol–water partition coefficient (Wildman–Crippen LogP) is 4.93. The van der Waals surface area contributed by atoms with Gasteiger partial charge in [0.05, 0.1) is 28.1 Å². The number of hydrogen-bond donors (Lipinski definition) is 3. The molecule has 8 nitrogen and oxygen atoms in total. The fourth-order valence-electron chi connectivity index (χ4n) is 4.12. The highest BCUT2D eigenvalue weighted by Gasteiger charge is 2.21. The lowest BCUT2D eigenvalue weighted by molar-refractivity contribution is 0.190. The van der Waals surface area contributed by atoms with Crippen LogP contribution in [0.5, 0.6) is 0 Å². The Kier molecular flexibility index (Phi) is 5.46. The van der Waals surface area contributed by atoms with Crippen LogP contribution < -0.4 is 10.6 Å². The zero-order valence-corrected chi connectivity index (χ0v) is 19.6. The van der Waals surface area contributed by atoms with Gasteiger partial charge >= 0.3 is 6.03 Å². The lowest BCUT2D eigenvalue weighted by Gasteiger charge is -2.30. The number of anilines is 2. The van der Waals surface area contributed by atoms with Crippen molar-refractivity contribution in [3.63, 3.8) is 0 Å². The maximum absolute atomic E-state index is 12.4. The van der Waals surface area contributed by atoms with Gasteiger partial charge in [-0.05, 0) is 62.6 Å². The number of carbonyl (C=O) groups excluding carboxylic acids is 1. The van der Waals surface area contributed by atoms with E-state index in [1.54, 1.807) is 6.20 Å². The van der Waals surface area contributed by atoms with Crippen molar-refractivity contribution in [1.29, 1.82) is 0 Å². The van der Waals surface area contributed by atoms with Crippen LogP contribution in [0.3, 0.4) is 0 Å². The molecule has 170 valence electrons. The van der Waals surface area contributed by atoms with Gasteiger partial charge in [0.15, 0.2) is 5.82 Å². The van der Waals surface area contributed by atoms with E-state index in [1.165, 1.54) is 11.1 Å². The van der Waals surface area contributed by atoms with Crippen LogP contribution in [-0.4, -0.2) is 43.5 Å². The highest BCUT2D eigenvalue weighted by Crippen LogP contribution is 2.32. The molecule has 3 N–H and O–H groups in total. The molecule has 2 amide bonds. The third-order valence-corrected chi connectivity index (χ3v) is 6.28. The number of benzene rings is 2. The summed E-state index contributed by atoms with van der Waals surface area (Å²) in [6, 6.07) is 10.3. The summed E-state index contributed by atoms with van der Waals surface area (Å²) in [5, 5.41) is 19.5. The van der Waals surface area contributed by atoms with E-state index in [9.17, 15) is 4.79 Å². The number of urea groups is 1. The minimum atomic E-state index is -0.00888. The van der Waals surface area contributed by atoms with Crippen molar-refractivity contribution in [1.82, 2.24) is 30.2 Å². The number of nitrogens with one attached hydrogen (secondary N) is 3. The van der Waals surface area contributed by atoms with Crippen molar-refractivity contribution < 1.29 is 4.79 Å². The predicted molar refractivity (Wildman–Crippen MR) is 130 cm³/mol. The normalized spacial score (nSPS) is 13.4. The Morgan fingerprint density at radius 1 is 1.21 bits per heavy atom. The third-order valence-electron chi connectivity index (χ3n) is 5.87. The van der Waals surface area contributed by atoms with Crippen molar-refractivity contribution in [3.8, 4) is 5.69 Å². The van der Waals surface area contributed by atoms with Crippen LogP contribution in [0.2, 0.25) is 5.02 Å². The number of rotatable bonds is 4. The highest BCUT2D eigenvalue weighted by molar-refractivity contribution is 6.38. The van der Waals surface area contributed by atoms with Gasteiger partial charge in [0.25, 0.3) is 0 Å². The second-order valence-corrected chi connectivity index (χ2v) is 9.10. The summed E-state index contributed by atoms with van der Waals surface area (Å²) >= 11 is 6.56. The van der Waals surface area contributed by atoms with E-state index in [4.69, 9.17) is 16.7 Å². The van der Waals surface area contributed by atoms with Gasteiger partial charge in [-0.2, -0.15) is 5.10 Å². The number of nitrogens with zero attached hydrogens (tertiary/aromatic N) is 4. The first-order chi connectivity index (χ1) is 15.9. The zero-order chi connectivity index (χ0) is 23.1. The molecule has 0 atom stereocenters. The van der Waals surface area contributed by atoms with E-state index in [1.807, 2.05) is 54.7 Å². The lowest BCUT2D eigenvalue weighted by atomic mass is 9.99. The van der Waals surface area contributed by atoms with Crippen LogP contribution in [0.4, 0.5) is 16.3 Å². The minimum Gasteiger partial charge on any atom is -0.337 e. The Labute approximate surface area is 196 Å². The summed E-state index contributed by atoms with van der Waals surface area (Å²) in [6.07, 6.45) is 4.54. The molecule has 3 heterocycles. The molecule has 0 aliphatic carbocycles. The van der Waals surface area contributed by atoms with Gasteiger partial charge in [0.1, 0.15) is 0 Å². The van der Waals surface area contributed by atoms with E-state index >= 15 is 0 Å².